The molecule has 1 amide bonds. The highest BCUT2D eigenvalue weighted by atomic mass is 32.1. The van der Waals surface area contributed by atoms with Crippen LogP contribution in [0.25, 0.3) is 10.2 Å². The van der Waals surface area contributed by atoms with Gasteiger partial charge in [0.15, 0.2) is 11.6 Å². The number of fused-ring (bicyclic) bond motifs is 1. The summed E-state index contributed by atoms with van der Waals surface area (Å²) in [5.74, 6) is -5.57. The van der Waals surface area contributed by atoms with Crippen molar-refractivity contribution < 1.29 is 31.9 Å². The van der Waals surface area contributed by atoms with Gasteiger partial charge in [0.2, 0.25) is 5.91 Å². The van der Waals surface area contributed by atoms with Crippen LogP contribution in [-0.4, -0.2) is 23.5 Å². The Labute approximate surface area is 172 Å². The van der Waals surface area contributed by atoms with Crippen LogP contribution in [0, 0.1) is 23.3 Å². The second kappa shape index (κ2) is 9.21. The molecule has 0 bridgehead atoms. The van der Waals surface area contributed by atoms with Gasteiger partial charge in [-0.25, -0.2) is 22.5 Å². The lowest BCUT2D eigenvalue weighted by molar-refractivity contribution is -0.144. The highest BCUT2D eigenvalue weighted by Crippen LogP contribution is 2.31. The van der Waals surface area contributed by atoms with Gasteiger partial charge in [-0.15, -0.1) is 11.3 Å². The van der Waals surface area contributed by atoms with Crippen LogP contribution in [0.1, 0.15) is 24.8 Å². The highest BCUT2D eigenvalue weighted by molar-refractivity contribution is 7.18. The fourth-order valence-electron chi connectivity index (χ4n) is 2.79. The molecule has 0 saturated heterocycles. The Kier molecular flexibility index (Phi) is 6.66. The average Bonchev–Trinajstić information content (AvgIpc) is 3.14. The lowest BCUT2D eigenvalue weighted by Crippen LogP contribution is -2.31. The normalized spacial score (nSPS) is 11.0. The second-order valence-corrected chi connectivity index (χ2v) is 7.26. The zero-order valence-corrected chi connectivity index (χ0v) is 16.6. The minimum atomic E-state index is -1.38. The summed E-state index contributed by atoms with van der Waals surface area (Å²) in [6.45, 7) is 1.46. The first kappa shape index (κ1) is 21.7. The molecule has 30 heavy (non-hydrogen) atoms. The largest absolute Gasteiger partial charge is 0.466 e. The number of carbonyl (C=O) groups excluding carboxylic acids is 2. The van der Waals surface area contributed by atoms with Crippen molar-refractivity contribution in [3.8, 4) is 0 Å². The van der Waals surface area contributed by atoms with Crippen molar-refractivity contribution in [3.63, 3.8) is 0 Å². The van der Waals surface area contributed by atoms with Crippen molar-refractivity contribution in [2.24, 2.45) is 0 Å². The number of ether oxygens (including phenoxy) is 1. The number of hydrogen-bond acceptors (Lipinski definition) is 5. The second-order valence-electron chi connectivity index (χ2n) is 6.18. The molecule has 158 valence electrons. The van der Waals surface area contributed by atoms with E-state index in [2.05, 4.69) is 4.98 Å². The predicted octanol–water partition coefficient (Wildman–Crippen LogP) is 4.73. The van der Waals surface area contributed by atoms with Crippen LogP contribution in [-0.2, 0) is 20.9 Å². The molecule has 0 unspecified atom stereocenters. The molecule has 0 N–H and O–H groups in total. The first-order valence-corrected chi connectivity index (χ1v) is 9.76. The van der Waals surface area contributed by atoms with Crippen LogP contribution in [0.15, 0.2) is 30.3 Å². The van der Waals surface area contributed by atoms with Gasteiger partial charge in [0.1, 0.15) is 22.2 Å². The zero-order chi connectivity index (χ0) is 21.8. The molecule has 5 nitrogen and oxygen atoms in total. The molecule has 0 spiro atoms. The number of amides is 1. The number of carbonyl (C=O) groups is 2. The van der Waals surface area contributed by atoms with E-state index in [1.54, 1.807) is 6.92 Å². The van der Waals surface area contributed by atoms with Gasteiger partial charge in [-0.05, 0) is 19.1 Å². The fraction of sp³-hybridized carbons (Fsp3) is 0.250. The van der Waals surface area contributed by atoms with Crippen molar-refractivity contribution in [2.75, 3.05) is 11.5 Å². The molecule has 0 aliphatic rings. The summed E-state index contributed by atoms with van der Waals surface area (Å²) in [7, 11) is 0. The number of para-hydroxylation sites is 1. The third kappa shape index (κ3) is 4.59. The first-order valence-electron chi connectivity index (χ1n) is 8.95. The van der Waals surface area contributed by atoms with Crippen molar-refractivity contribution in [1.82, 2.24) is 4.98 Å². The van der Waals surface area contributed by atoms with Gasteiger partial charge < -0.3 is 9.64 Å². The standard InChI is InChI=1S/C20H16F4N2O3S/c1-2-29-17(28)8-7-16(27)26(14-6-4-3-5-11(14)21)10-15-25-19-18(24)12(22)9-13(23)20(19)30-15/h3-6,9H,2,7-8,10H2,1H3. The minimum Gasteiger partial charge on any atom is -0.466 e. The summed E-state index contributed by atoms with van der Waals surface area (Å²) >= 11 is 0.725. The van der Waals surface area contributed by atoms with Crippen LogP contribution in [0.3, 0.4) is 0 Å². The Hall–Kier alpha value is -3.01. The molecule has 2 aromatic carbocycles. The van der Waals surface area contributed by atoms with Crippen LogP contribution in [0.4, 0.5) is 23.2 Å². The van der Waals surface area contributed by atoms with Crippen LogP contribution in [0.2, 0.25) is 0 Å². The van der Waals surface area contributed by atoms with Crippen molar-refractivity contribution in [1.29, 1.82) is 0 Å². The Bertz CT molecular complexity index is 1100. The molecule has 0 saturated carbocycles. The lowest BCUT2D eigenvalue weighted by atomic mass is 10.2. The topological polar surface area (TPSA) is 59.5 Å². The number of rotatable bonds is 7. The minimum absolute atomic E-state index is 0.0705. The van der Waals surface area contributed by atoms with E-state index in [1.807, 2.05) is 0 Å². The SMILES string of the molecule is CCOC(=O)CCC(=O)N(Cc1nc2c(F)c(F)cc(F)c2s1)c1ccccc1F. The zero-order valence-electron chi connectivity index (χ0n) is 15.8. The summed E-state index contributed by atoms with van der Waals surface area (Å²) in [6, 6.07) is 5.86. The molecule has 3 rings (SSSR count). The molecule has 0 fully saturated rings. The van der Waals surface area contributed by atoms with Crippen molar-refractivity contribution in [3.05, 3.63) is 58.6 Å². The first-order chi connectivity index (χ1) is 14.3. The maximum Gasteiger partial charge on any atom is 0.306 e. The maximum absolute atomic E-state index is 14.3. The van der Waals surface area contributed by atoms with E-state index in [0.29, 0.717) is 6.07 Å². The van der Waals surface area contributed by atoms with Crippen LogP contribution in [0.5, 0.6) is 0 Å². The number of halogens is 4. The molecule has 0 aliphatic heterocycles. The number of esters is 1. The summed E-state index contributed by atoms with van der Waals surface area (Å²) < 4.78 is 60.3. The van der Waals surface area contributed by atoms with Crippen LogP contribution < -0.4 is 4.90 Å². The molecule has 0 aliphatic carbocycles. The van der Waals surface area contributed by atoms with E-state index in [1.165, 1.54) is 18.2 Å². The number of benzene rings is 2. The third-order valence-corrected chi connectivity index (χ3v) is 5.19. The predicted molar refractivity (Wildman–Crippen MR) is 103 cm³/mol. The van der Waals surface area contributed by atoms with E-state index in [4.69, 9.17) is 4.74 Å². The molecule has 0 radical (unpaired) electrons. The summed E-state index contributed by atoms with van der Waals surface area (Å²) in [4.78, 5) is 29.2. The monoisotopic (exact) mass is 440 g/mol. The quantitative estimate of drug-likeness (QED) is 0.303. The smallest absolute Gasteiger partial charge is 0.306 e. The van der Waals surface area contributed by atoms with E-state index in [0.717, 1.165) is 22.3 Å². The molecule has 1 aromatic heterocycles. The number of nitrogens with zero attached hydrogens (tertiary/aromatic N) is 2. The molecular weight excluding hydrogens is 424 g/mol. The lowest BCUT2D eigenvalue weighted by Gasteiger charge is -2.22. The van der Waals surface area contributed by atoms with Gasteiger partial charge in [0, 0.05) is 12.5 Å². The third-order valence-electron chi connectivity index (χ3n) is 4.15. The van der Waals surface area contributed by atoms with Crippen molar-refractivity contribution >= 4 is 39.1 Å². The van der Waals surface area contributed by atoms with Crippen molar-refractivity contribution in [2.45, 2.75) is 26.3 Å². The molecular formula is C20H16F4N2O3S. The average molecular weight is 440 g/mol. The molecule has 0 atom stereocenters. The van der Waals surface area contributed by atoms with Gasteiger partial charge in [-0.2, -0.15) is 0 Å². The summed E-state index contributed by atoms with van der Waals surface area (Å²) in [6.07, 6.45) is -0.485. The van der Waals surface area contributed by atoms with E-state index in [-0.39, 0.29) is 41.4 Å². The maximum atomic E-state index is 14.3. The van der Waals surface area contributed by atoms with E-state index in [9.17, 15) is 27.2 Å². The number of thiazole rings is 1. The Morgan fingerprint density at radius 2 is 1.80 bits per heavy atom. The Morgan fingerprint density at radius 1 is 1.07 bits per heavy atom. The molecule has 1 heterocycles. The summed E-state index contributed by atoms with van der Waals surface area (Å²) in [5, 5.41) is 0.0705. The number of aromatic nitrogens is 1. The van der Waals surface area contributed by atoms with E-state index < -0.39 is 40.7 Å². The fourth-order valence-corrected chi connectivity index (χ4v) is 3.74. The van der Waals surface area contributed by atoms with Gasteiger partial charge >= 0.3 is 5.97 Å². The Balaban J connectivity index is 1.93. The highest BCUT2D eigenvalue weighted by Gasteiger charge is 2.24. The number of hydrogen-bond donors (Lipinski definition) is 0. The van der Waals surface area contributed by atoms with Gasteiger partial charge in [0.25, 0.3) is 0 Å². The Morgan fingerprint density at radius 3 is 2.50 bits per heavy atom. The van der Waals surface area contributed by atoms with Gasteiger partial charge in [0.05, 0.1) is 30.0 Å². The summed E-state index contributed by atoms with van der Waals surface area (Å²) in [5.41, 5.74) is -0.585. The number of anilines is 1. The molecule has 10 heteroatoms. The van der Waals surface area contributed by atoms with Gasteiger partial charge in [-0.3, -0.25) is 9.59 Å². The van der Waals surface area contributed by atoms with E-state index >= 15 is 0 Å². The van der Waals surface area contributed by atoms with Crippen LogP contribution >= 0.6 is 11.3 Å². The van der Waals surface area contributed by atoms with Gasteiger partial charge in [-0.1, -0.05) is 12.1 Å². The molecule has 3 aromatic rings.